The van der Waals surface area contributed by atoms with Gasteiger partial charge in [-0.05, 0) is 89.5 Å². The lowest BCUT2D eigenvalue weighted by atomic mass is 9.91. The van der Waals surface area contributed by atoms with Crippen molar-refractivity contribution < 1.29 is 14.0 Å². The summed E-state index contributed by atoms with van der Waals surface area (Å²) >= 11 is 1.61. The van der Waals surface area contributed by atoms with Gasteiger partial charge in [-0.2, -0.15) is 5.26 Å². The number of halogens is 2. The van der Waals surface area contributed by atoms with Crippen molar-refractivity contribution in [3.05, 3.63) is 45.3 Å². The Hall–Kier alpha value is -1.86. The van der Waals surface area contributed by atoms with Crippen LogP contribution in [0.25, 0.3) is 11.0 Å². The van der Waals surface area contributed by atoms with Gasteiger partial charge in [-0.3, -0.25) is 4.90 Å². The molecule has 0 N–H and O–H groups in total. The summed E-state index contributed by atoms with van der Waals surface area (Å²) in [5.74, 6) is 2.07. The second-order valence-electron chi connectivity index (χ2n) is 10.5. The number of benzene rings is 1. The van der Waals surface area contributed by atoms with E-state index in [9.17, 15) is 0 Å². The van der Waals surface area contributed by atoms with Crippen molar-refractivity contribution in [2.45, 2.75) is 45.2 Å². The topological polar surface area (TPSA) is 74.8 Å². The van der Waals surface area contributed by atoms with Gasteiger partial charge in [0.05, 0.1) is 24.5 Å². The van der Waals surface area contributed by atoms with E-state index in [1.807, 2.05) is 6.07 Å². The van der Waals surface area contributed by atoms with Gasteiger partial charge in [-0.15, -0.1) is 36.2 Å². The Balaban J connectivity index is 0.00000200. The maximum absolute atomic E-state index is 9.05. The summed E-state index contributed by atoms with van der Waals surface area (Å²) < 4.78 is 17.7. The Bertz CT molecular complexity index is 1190. The van der Waals surface area contributed by atoms with Crippen LogP contribution in [0, 0.1) is 23.2 Å². The molecule has 0 bridgehead atoms. The molecule has 2 aliphatic rings. The third kappa shape index (κ3) is 7.62. The fourth-order valence-corrected chi connectivity index (χ4v) is 6.16. The molecule has 1 unspecified atom stereocenters. The average Bonchev–Trinajstić information content (AvgIpc) is 3.64. The highest BCUT2D eigenvalue weighted by atomic mass is 35.5. The molecule has 0 saturated carbocycles. The quantitative estimate of drug-likeness (QED) is 0.294. The zero-order valence-electron chi connectivity index (χ0n) is 22.2. The monoisotopic (exact) mass is 580 g/mol. The predicted octanol–water partition coefficient (Wildman–Crippen LogP) is 5.93. The minimum absolute atomic E-state index is 0. The van der Waals surface area contributed by atoms with Crippen molar-refractivity contribution >= 4 is 47.1 Å². The van der Waals surface area contributed by atoms with E-state index < -0.39 is 0 Å². The maximum atomic E-state index is 9.05. The second-order valence-corrected chi connectivity index (χ2v) is 11.6. The van der Waals surface area contributed by atoms with Crippen molar-refractivity contribution in [1.82, 2.24) is 15.0 Å². The summed E-state index contributed by atoms with van der Waals surface area (Å²) in [6.45, 7) is 6.23. The summed E-state index contributed by atoms with van der Waals surface area (Å²) in [6, 6.07) is 10.5. The molecule has 2 aromatic heterocycles. The average molecular weight is 582 g/mol. The molecule has 2 saturated heterocycles. The van der Waals surface area contributed by atoms with Crippen LogP contribution in [0.2, 0.25) is 0 Å². The highest BCUT2D eigenvalue weighted by Crippen LogP contribution is 2.33. The summed E-state index contributed by atoms with van der Waals surface area (Å²) in [7, 11) is 4.13. The minimum Gasteiger partial charge on any atom is -0.493 e. The Morgan fingerprint density at radius 1 is 1.13 bits per heavy atom. The molecule has 2 fully saturated rings. The number of hydrogen-bond acceptors (Lipinski definition) is 8. The van der Waals surface area contributed by atoms with Crippen LogP contribution in [0.3, 0.4) is 0 Å². The van der Waals surface area contributed by atoms with Crippen molar-refractivity contribution in [2.24, 2.45) is 11.8 Å². The molecule has 4 heterocycles. The fraction of sp³-hybridized carbons (Fsp3) is 0.571. The van der Waals surface area contributed by atoms with Gasteiger partial charge in [0.25, 0.3) is 0 Å². The molecule has 3 aromatic rings. The molecule has 5 rings (SSSR count). The molecule has 10 heteroatoms. The van der Waals surface area contributed by atoms with E-state index in [1.54, 1.807) is 11.3 Å². The first-order chi connectivity index (χ1) is 17.6. The zero-order chi connectivity index (χ0) is 24.9. The Kier molecular flexibility index (Phi) is 11.7. The van der Waals surface area contributed by atoms with Crippen molar-refractivity contribution in [2.75, 3.05) is 47.0 Å². The molecule has 7 nitrogen and oxygen atoms in total. The highest BCUT2D eigenvalue weighted by molar-refractivity contribution is 7.12. The zero-order valence-corrected chi connectivity index (χ0v) is 24.6. The van der Waals surface area contributed by atoms with Gasteiger partial charge >= 0.3 is 0 Å². The SMILES string of the molecule is CN(C)Cc1c(OCC2CCOC2)ccc2c(CCC3CCN(Cc4ccc(C#N)s4)CC3)noc12.Cl.Cl. The van der Waals surface area contributed by atoms with E-state index in [0.29, 0.717) is 18.4 Å². The minimum atomic E-state index is 0. The maximum Gasteiger partial charge on any atom is 0.175 e. The number of hydrogen-bond donors (Lipinski definition) is 0. The molecule has 38 heavy (non-hydrogen) atoms. The van der Waals surface area contributed by atoms with E-state index in [1.165, 1.54) is 17.7 Å². The Labute approximate surface area is 241 Å². The molecular weight excluding hydrogens is 543 g/mol. The summed E-state index contributed by atoms with van der Waals surface area (Å²) in [5, 5.41) is 14.7. The van der Waals surface area contributed by atoms with Gasteiger partial charge in [-0.1, -0.05) is 5.16 Å². The highest BCUT2D eigenvalue weighted by Gasteiger charge is 2.23. The second kappa shape index (κ2) is 14.5. The number of aromatic nitrogens is 1. The standard InChI is InChI=1S/C28H36N4O3S.2ClH/c1-31(2)17-25-27(34-19-21-11-14-33-18-21)8-6-24-26(30-35-28(24)25)7-3-20-9-12-32(13-10-20)16-23-5-4-22(15-29)36-23;;/h4-6,8,20-21H,3,7,9-14,16-19H2,1-2H3;2*1H. The normalized spacial score (nSPS) is 18.3. The number of fused-ring (bicyclic) bond motifs is 1. The van der Waals surface area contributed by atoms with Crippen LogP contribution in [-0.2, 0) is 24.2 Å². The smallest absolute Gasteiger partial charge is 0.175 e. The summed E-state index contributed by atoms with van der Waals surface area (Å²) in [6.07, 6.45) is 5.56. The van der Waals surface area contributed by atoms with Crippen LogP contribution >= 0.6 is 36.2 Å². The molecular formula is C28H38Cl2N4O3S. The van der Waals surface area contributed by atoms with Gasteiger partial charge in [0.1, 0.15) is 16.7 Å². The number of rotatable bonds is 10. The first kappa shape index (κ1) is 30.7. The van der Waals surface area contributed by atoms with Gasteiger partial charge in [-0.25, -0.2) is 0 Å². The van der Waals surface area contributed by atoms with Gasteiger partial charge in [0.2, 0.25) is 0 Å². The molecule has 0 amide bonds. The predicted molar refractivity (Wildman–Crippen MR) is 156 cm³/mol. The van der Waals surface area contributed by atoms with Crippen molar-refractivity contribution in [3.63, 3.8) is 0 Å². The molecule has 1 aromatic carbocycles. The van der Waals surface area contributed by atoms with Crippen LogP contribution in [0.15, 0.2) is 28.8 Å². The van der Waals surface area contributed by atoms with Crippen molar-refractivity contribution in [1.29, 1.82) is 5.26 Å². The molecule has 0 spiro atoms. The number of likely N-dealkylation sites (tertiary alicyclic amines) is 1. The first-order valence-electron chi connectivity index (χ1n) is 13.1. The molecule has 2 aliphatic heterocycles. The number of nitriles is 1. The Morgan fingerprint density at radius 2 is 1.95 bits per heavy atom. The third-order valence-corrected chi connectivity index (χ3v) is 8.37. The van der Waals surface area contributed by atoms with Crippen LogP contribution in [0.1, 0.15) is 46.7 Å². The van der Waals surface area contributed by atoms with Crippen LogP contribution in [0.4, 0.5) is 0 Å². The van der Waals surface area contributed by atoms with Crippen LogP contribution < -0.4 is 4.74 Å². The van der Waals surface area contributed by atoms with E-state index in [4.69, 9.17) is 19.3 Å². The molecule has 1 atom stereocenters. The third-order valence-electron chi connectivity index (χ3n) is 7.40. The lowest BCUT2D eigenvalue weighted by molar-refractivity contribution is 0.166. The lowest BCUT2D eigenvalue weighted by Crippen LogP contribution is -2.33. The number of aryl methyl sites for hydroxylation is 1. The van der Waals surface area contributed by atoms with E-state index in [-0.39, 0.29) is 24.8 Å². The van der Waals surface area contributed by atoms with Gasteiger partial charge in [0.15, 0.2) is 5.58 Å². The van der Waals surface area contributed by atoms with Crippen LogP contribution in [0.5, 0.6) is 5.75 Å². The molecule has 0 aliphatic carbocycles. The van der Waals surface area contributed by atoms with E-state index in [0.717, 1.165) is 91.5 Å². The fourth-order valence-electron chi connectivity index (χ4n) is 5.31. The number of piperidine rings is 1. The van der Waals surface area contributed by atoms with E-state index >= 15 is 0 Å². The number of thiophene rings is 1. The van der Waals surface area contributed by atoms with Crippen LogP contribution in [-0.4, -0.2) is 62.0 Å². The number of nitrogens with zero attached hydrogens (tertiary/aromatic N) is 4. The number of ether oxygens (including phenoxy) is 2. The van der Waals surface area contributed by atoms with Gasteiger partial charge < -0.3 is 18.9 Å². The molecule has 0 radical (unpaired) electrons. The lowest BCUT2D eigenvalue weighted by Gasteiger charge is -2.31. The van der Waals surface area contributed by atoms with Crippen molar-refractivity contribution in [3.8, 4) is 11.8 Å². The summed E-state index contributed by atoms with van der Waals surface area (Å²) in [5.41, 5.74) is 3.00. The van der Waals surface area contributed by atoms with Gasteiger partial charge in [0, 0.05) is 35.9 Å². The van der Waals surface area contributed by atoms with E-state index in [2.05, 4.69) is 53.3 Å². The first-order valence-corrected chi connectivity index (χ1v) is 13.9. The Morgan fingerprint density at radius 3 is 2.63 bits per heavy atom. The largest absolute Gasteiger partial charge is 0.493 e. The molecule has 208 valence electrons. The summed E-state index contributed by atoms with van der Waals surface area (Å²) in [4.78, 5) is 6.75.